The lowest BCUT2D eigenvalue weighted by molar-refractivity contribution is 0.526. The number of aromatic nitrogens is 2. The number of rotatable bonds is 0. The van der Waals surface area contributed by atoms with E-state index < -0.39 is 0 Å². The van der Waals surface area contributed by atoms with Gasteiger partial charge in [-0.2, -0.15) is 0 Å². The largest absolute Gasteiger partial charge is 0.245 e. The van der Waals surface area contributed by atoms with E-state index >= 15 is 0 Å². The molecule has 1 unspecified atom stereocenters. The van der Waals surface area contributed by atoms with Gasteiger partial charge in [-0.15, -0.1) is 0 Å². The van der Waals surface area contributed by atoms with Gasteiger partial charge >= 0.3 is 0 Å². The molecule has 0 amide bonds. The highest BCUT2D eigenvalue weighted by Crippen LogP contribution is 2.37. The maximum absolute atomic E-state index is 3.67. The van der Waals surface area contributed by atoms with Crippen molar-refractivity contribution in [3.63, 3.8) is 0 Å². The molecule has 0 aliphatic heterocycles. The average Bonchev–Trinajstić information content (AvgIpc) is 2.80. The smallest absolute Gasteiger partial charge is 0.115 e. The van der Waals surface area contributed by atoms with E-state index in [1.54, 1.807) is 24.0 Å². The summed E-state index contributed by atoms with van der Waals surface area (Å²) in [7, 11) is 0. The van der Waals surface area contributed by atoms with Gasteiger partial charge in [0.25, 0.3) is 0 Å². The molecule has 0 spiro atoms. The molecule has 2 aliphatic carbocycles. The summed E-state index contributed by atoms with van der Waals surface area (Å²) < 4.78 is 0. The van der Waals surface area contributed by atoms with Crippen LogP contribution in [0, 0.1) is 5.92 Å². The van der Waals surface area contributed by atoms with Crippen LogP contribution in [0.2, 0.25) is 0 Å². The second kappa shape index (κ2) is 5.64. The monoisotopic (exact) mass is 202 g/mol. The third-order valence-electron chi connectivity index (χ3n) is 3.18. The number of hydrogen-bond acceptors (Lipinski definition) is 2. The van der Waals surface area contributed by atoms with Crippen LogP contribution in [-0.4, -0.2) is 9.97 Å². The summed E-state index contributed by atoms with van der Waals surface area (Å²) in [4.78, 5) is 7.35. The van der Waals surface area contributed by atoms with E-state index in [0.29, 0.717) is 0 Å². The first-order valence-corrected chi connectivity index (χ1v) is 5.86. The lowest BCUT2D eigenvalue weighted by atomic mass is 9.90. The van der Waals surface area contributed by atoms with E-state index in [2.05, 4.69) is 16.0 Å². The van der Waals surface area contributed by atoms with Crippen LogP contribution in [0.1, 0.15) is 38.5 Å². The van der Waals surface area contributed by atoms with E-state index in [1.807, 2.05) is 0 Å². The second-order valence-corrected chi connectivity index (χ2v) is 4.20. The van der Waals surface area contributed by atoms with Crippen molar-refractivity contribution in [3.8, 4) is 0 Å². The highest BCUT2D eigenvalue weighted by atomic mass is 14.8. The van der Waals surface area contributed by atoms with Gasteiger partial charge in [-0.3, -0.25) is 0 Å². The Morgan fingerprint density at radius 2 is 1.87 bits per heavy atom. The van der Waals surface area contributed by atoms with E-state index in [1.165, 1.54) is 44.9 Å². The van der Waals surface area contributed by atoms with Crippen molar-refractivity contribution in [3.05, 3.63) is 36.4 Å². The summed E-state index contributed by atoms with van der Waals surface area (Å²) in [6.45, 7) is 0. The Bertz CT molecular complexity index is 279. The minimum Gasteiger partial charge on any atom is -0.245 e. The molecular formula is C13H18N2. The van der Waals surface area contributed by atoms with Gasteiger partial charge in [-0.1, -0.05) is 11.6 Å². The Hall–Kier alpha value is -1.18. The van der Waals surface area contributed by atoms with E-state index in [-0.39, 0.29) is 0 Å². The average molecular weight is 202 g/mol. The molecule has 15 heavy (non-hydrogen) atoms. The van der Waals surface area contributed by atoms with Crippen LogP contribution in [-0.2, 0) is 0 Å². The molecule has 0 radical (unpaired) electrons. The van der Waals surface area contributed by atoms with Crippen molar-refractivity contribution < 1.29 is 0 Å². The summed E-state index contributed by atoms with van der Waals surface area (Å²) in [6, 6.07) is 1.78. The molecule has 1 aromatic rings. The third kappa shape index (κ3) is 3.15. The van der Waals surface area contributed by atoms with Crippen molar-refractivity contribution in [2.24, 2.45) is 5.92 Å². The molecular weight excluding hydrogens is 184 g/mol. The van der Waals surface area contributed by atoms with Gasteiger partial charge in [0.05, 0.1) is 0 Å². The Balaban J connectivity index is 0.000000124. The van der Waals surface area contributed by atoms with E-state index in [4.69, 9.17) is 0 Å². The van der Waals surface area contributed by atoms with Gasteiger partial charge < -0.3 is 0 Å². The highest BCUT2D eigenvalue weighted by Gasteiger charge is 2.21. The number of hydrogen-bond donors (Lipinski definition) is 0. The number of fused-ring (bicyclic) bond motifs is 1. The number of nitrogens with zero attached hydrogens (tertiary/aromatic N) is 2. The van der Waals surface area contributed by atoms with Gasteiger partial charge in [-0.25, -0.2) is 9.97 Å². The summed E-state index contributed by atoms with van der Waals surface area (Å²) >= 11 is 0. The molecule has 2 aliphatic rings. The molecule has 1 atom stereocenters. The highest BCUT2D eigenvalue weighted by molar-refractivity contribution is 5.13. The molecule has 2 heteroatoms. The molecule has 1 saturated carbocycles. The maximum Gasteiger partial charge on any atom is 0.115 e. The van der Waals surface area contributed by atoms with Crippen LogP contribution in [0.15, 0.2) is 36.4 Å². The van der Waals surface area contributed by atoms with Gasteiger partial charge in [0.15, 0.2) is 0 Å². The molecule has 1 heterocycles. The zero-order chi connectivity index (χ0) is 10.3. The molecule has 1 fully saturated rings. The van der Waals surface area contributed by atoms with Gasteiger partial charge in [0, 0.05) is 12.4 Å². The Morgan fingerprint density at radius 3 is 2.47 bits per heavy atom. The van der Waals surface area contributed by atoms with Crippen LogP contribution < -0.4 is 0 Å². The lowest BCUT2D eigenvalue weighted by Gasteiger charge is -2.15. The Labute approximate surface area is 91.5 Å². The fraction of sp³-hybridized carbons (Fsp3) is 0.538. The molecule has 80 valence electrons. The zero-order valence-corrected chi connectivity index (χ0v) is 9.10. The summed E-state index contributed by atoms with van der Waals surface area (Å²) in [5.74, 6) is 1.03. The standard InChI is InChI=1S/C9H14.C4H4N2/c1-2-5-9-7-3-6-8(9)4-1;1-2-5-4-6-3-1/h4,9H,1-3,5-7H2;1-4H. The van der Waals surface area contributed by atoms with Crippen LogP contribution in [0.3, 0.4) is 0 Å². The topological polar surface area (TPSA) is 25.8 Å². The molecule has 0 N–H and O–H groups in total. The molecule has 2 nitrogen and oxygen atoms in total. The van der Waals surface area contributed by atoms with Crippen molar-refractivity contribution >= 4 is 0 Å². The van der Waals surface area contributed by atoms with Crippen LogP contribution in [0.25, 0.3) is 0 Å². The Morgan fingerprint density at radius 1 is 1.07 bits per heavy atom. The van der Waals surface area contributed by atoms with Gasteiger partial charge in [0.2, 0.25) is 0 Å². The van der Waals surface area contributed by atoms with Gasteiger partial charge in [0.1, 0.15) is 6.33 Å². The predicted molar refractivity (Wildman–Crippen MR) is 61.3 cm³/mol. The third-order valence-corrected chi connectivity index (χ3v) is 3.18. The number of allylic oxidation sites excluding steroid dienone is 2. The SMILES string of the molecule is C1=C2CCCC2CCC1.c1cncnc1. The molecule has 3 rings (SSSR count). The molecule has 0 bridgehead atoms. The van der Waals surface area contributed by atoms with Crippen molar-refractivity contribution in [2.45, 2.75) is 38.5 Å². The predicted octanol–water partition coefficient (Wildman–Crippen LogP) is 3.37. The van der Waals surface area contributed by atoms with Crippen LogP contribution in [0.4, 0.5) is 0 Å². The minimum absolute atomic E-state index is 1.03. The second-order valence-electron chi connectivity index (χ2n) is 4.20. The first-order valence-electron chi connectivity index (χ1n) is 5.86. The maximum atomic E-state index is 3.67. The fourth-order valence-corrected chi connectivity index (χ4v) is 2.45. The fourth-order valence-electron chi connectivity index (χ4n) is 2.45. The first-order chi connectivity index (χ1) is 7.47. The minimum atomic E-state index is 1.03. The normalized spacial score (nSPS) is 23.5. The van der Waals surface area contributed by atoms with Crippen LogP contribution in [0.5, 0.6) is 0 Å². The van der Waals surface area contributed by atoms with Gasteiger partial charge in [-0.05, 0) is 50.5 Å². The summed E-state index contributed by atoms with van der Waals surface area (Å²) in [5, 5.41) is 0. The molecule has 1 aromatic heterocycles. The Kier molecular flexibility index (Phi) is 3.89. The summed E-state index contributed by atoms with van der Waals surface area (Å²) in [6.07, 6.45) is 16.1. The quantitative estimate of drug-likeness (QED) is 0.603. The molecule has 0 aromatic carbocycles. The van der Waals surface area contributed by atoms with Crippen molar-refractivity contribution in [1.29, 1.82) is 0 Å². The van der Waals surface area contributed by atoms with E-state index in [0.717, 1.165) is 5.92 Å². The lowest BCUT2D eigenvalue weighted by Crippen LogP contribution is -2.00. The summed E-state index contributed by atoms with van der Waals surface area (Å²) in [5.41, 5.74) is 1.79. The molecule has 0 saturated heterocycles. The van der Waals surface area contributed by atoms with E-state index in [9.17, 15) is 0 Å². The van der Waals surface area contributed by atoms with Crippen molar-refractivity contribution in [1.82, 2.24) is 9.97 Å². The van der Waals surface area contributed by atoms with Crippen LogP contribution >= 0.6 is 0 Å². The van der Waals surface area contributed by atoms with Crippen molar-refractivity contribution in [2.75, 3.05) is 0 Å². The first kappa shape index (κ1) is 10.3. The zero-order valence-electron chi connectivity index (χ0n) is 9.10.